The van der Waals surface area contributed by atoms with Crippen molar-refractivity contribution in [3.05, 3.63) is 22.6 Å². The molecule has 0 aromatic carbocycles. The van der Waals surface area contributed by atoms with Crippen LogP contribution in [-0.2, 0) is 0 Å². The van der Waals surface area contributed by atoms with E-state index in [4.69, 9.17) is 10.2 Å². The summed E-state index contributed by atoms with van der Waals surface area (Å²) in [5, 5.41) is 0. The van der Waals surface area contributed by atoms with Crippen molar-refractivity contribution in [3.63, 3.8) is 0 Å². The zero-order chi connectivity index (χ0) is 13.0. The van der Waals surface area contributed by atoms with E-state index in [1.54, 1.807) is 6.26 Å². The lowest BCUT2D eigenvalue weighted by atomic mass is 9.48. The topological polar surface area (TPSA) is 39.2 Å². The van der Waals surface area contributed by atoms with Gasteiger partial charge in [0.15, 0.2) is 0 Å². The third-order valence-electron chi connectivity index (χ3n) is 5.80. The van der Waals surface area contributed by atoms with Crippen molar-refractivity contribution in [2.24, 2.45) is 28.9 Å². The second kappa shape index (κ2) is 4.36. The largest absolute Gasteiger partial charge is 0.466 e. The Balaban J connectivity index is 1.55. The SMILES string of the molecule is NC(CC12CC3CC(CC(C3)C1)C2)c1occc1Br. The zero-order valence-corrected chi connectivity index (χ0v) is 12.9. The summed E-state index contributed by atoms with van der Waals surface area (Å²) in [6, 6.07) is 2.01. The average Bonchev–Trinajstić information content (AvgIpc) is 2.72. The summed E-state index contributed by atoms with van der Waals surface area (Å²) < 4.78 is 6.60. The molecule has 1 unspecified atom stereocenters. The molecule has 0 spiro atoms. The number of halogens is 1. The van der Waals surface area contributed by atoms with Crippen LogP contribution < -0.4 is 5.73 Å². The van der Waals surface area contributed by atoms with Crippen LogP contribution in [0.15, 0.2) is 21.2 Å². The molecule has 1 aromatic heterocycles. The molecule has 1 aromatic rings. The number of hydrogen-bond acceptors (Lipinski definition) is 2. The molecule has 2 nitrogen and oxygen atoms in total. The zero-order valence-electron chi connectivity index (χ0n) is 11.3. The average molecular weight is 324 g/mol. The highest BCUT2D eigenvalue weighted by atomic mass is 79.9. The van der Waals surface area contributed by atoms with E-state index in [-0.39, 0.29) is 6.04 Å². The molecule has 4 aliphatic rings. The van der Waals surface area contributed by atoms with Gasteiger partial charge in [-0.15, -0.1) is 0 Å². The van der Waals surface area contributed by atoms with E-state index in [9.17, 15) is 0 Å². The van der Waals surface area contributed by atoms with Crippen molar-refractivity contribution in [1.29, 1.82) is 0 Å². The Morgan fingerprint density at radius 3 is 2.26 bits per heavy atom. The number of hydrogen-bond donors (Lipinski definition) is 1. The molecule has 19 heavy (non-hydrogen) atoms. The molecule has 4 aliphatic carbocycles. The van der Waals surface area contributed by atoms with Crippen molar-refractivity contribution >= 4 is 15.9 Å². The Kier molecular flexibility index (Phi) is 2.86. The lowest BCUT2D eigenvalue weighted by Gasteiger charge is -2.57. The number of furan rings is 1. The summed E-state index contributed by atoms with van der Waals surface area (Å²) in [5.41, 5.74) is 6.97. The molecule has 4 bridgehead atoms. The molecule has 0 aliphatic heterocycles. The minimum Gasteiger partial charge on any atom is -0.466 e. The Labute approximate surface area is 123 Å². The molecule has 4 fully saturated rings. The molecule has 3 heteroatoms. The lowest BCUT2D eigenvalue weighted by molar-refractivity contribution is -0.0613. The van der Waals surface area contributed by atoms with Crippen LogP contribution in [-0.4, -0.2) is 0 Å². The van der Waals surface area contributed by atoms with Gasteiger partial charge in [0, 0.05) is 0 Å². The van der Waals surface area contributed by atoms with Crippen LogP contribution in [0, 0.1) is 23.2 Å². The van der Waals surface area contributed by atoms with Crippen molar-refractivity contribution < 1.29 is 4.42 Å². The first-order valence-electron chi connectivity index (χ1n) is 7.62. The van der Waals surface area contributed by atoms with Gasteiger partial charge < -0.3 is 10.2 Å². The van der Waals surface area contributed by atoms with E-state index in [1.807, 2.05) is 6.07 Å². The summed E-state index contributed by atoms with van der Waals surface area (Å²) in [6.45, 7) is 0. The minimum absolute atomic E-state index is 0.0561. The lowest BCUT2D eigenvalue weighted by Crippen LogP contribution is -2.47. The van der Waals surface area contributed by atoms with E-state index in [1.165, 1.54) is 38.5 Å². The quantitative estimate of drug-likeness (QED) is 0.879. The minimum atomic E-state index is 0.0561. The maximum Gasteiger partial charge on any atom is 0.134 e. The molecule has 1 heterocycles. The van der Waals surface area contributed by atoms with Gasteiger partial charge in [-0.2, -0.15) is 0 Å². The maximum absolute atomic E-state index is 6.44. The molecule has 4 saturated carbocycles. The molecule has 2 N–H and O–H groups in total. The van der Waals surface area contributed by atoms with E-state index < -0.39 is 0 Å². The van der Waals surface area contributed by atoms with Crippen LogP contribution in [0.5, 0.6) is 0 Å². The highest BCUT2D eigenvalue weighted by Gasteiger charge is 2.51. The van der Waals surface area contributed by atoms with Crippen molar-refractivity contribution in [2.75, 3.05) is 0 Å². The second-order valence-corrected chi connectivity index (χ2v) is 8.22. The molecular formula is C16H22BrNO. The fourth-order valence-corrected chi connectivity index (χ4v) is 6.16. The molecule has 0 radical (unpaired) electrons. The van der Waals surface area contributed by atoms with Gasteiger partial charge in [0.2, 0.25) is 0 Å². The normalized spacial score (nSPS) is 41.7. The van der Waals surface area contributed by atoms with E-state index in [0.29, 0.717) is 5.41 Å². The van der Waals surface area contributed by atoms with Crippen LogP contribution in [0.1, 0.15) is 56.7 Å². The second-order valence-electron chi connectivity index (χ2n) is 7.36. The van der Waals surface area contributed by atoms with Gasteiger partial charge in [-0.3, -0.25) is 0 Å². The monoisotopic (exact) mass is 323 g/mol. The predicted octanol–water partition coefficient (Wildman–Crippen LogP) is 4.65. The molecule has 0 saturated heterocycles. The molecule has 1 atom stereocenters. The summed E-state index contributed by atoms with van der Waals surface area (Å²) in [6.07, 6.45) is 11.6. The number of nitrogens with two attached hydrogens (primary N) is 1. The van der Waals surface area contributed by atoms with Crippen LogP contribution in [0.25, 0.3) is 0 Å². The molecule has 0 amide bonds. The van der Waals surface area contributed by atoms with Gasteiger partial charge in [0.05, 0.1) is 16.8 Å². The highest BCUT2D eigenvalue weighted by molar-refractivity contribution is 9.10. The molecule has 104 valence electrons. The molecular weight excluding hydrogens is 302 g/mol. The van der Waals surface area contributed by atoms with Crippen molar-refractivity contribution in [3.8, 4) is 0 Å². The first-order valence-corrected chi connectivity index (χ1v) is 8.41. The van der Waals surface area contributed by atoms with Gasteiger partial charge in [-0.1, -0.05) is 0 Å². The highest BCUT2D eigenvalue weighted by Crippen LogP contribution is 2.62. The van der Waals surface area contributed by atoms with Gasteiger partial charge in [-0.25, -0.2) is 0 Å². The Morgan fingerprint density at radius 1 is 1.21 bits per heavy atom. The third-order valence-corrected chi connectivity index (χ3v) is 6.45. The van der Waals surface area contributed by atoms with Gasteiger partial charge in [0.1, 0.15) is 5.76 Å². The van der Waals surface area contributed by atoms with Crippen LogP contribution in [0.4, 0.5) is 0 Å². The van der Waals surface area contributed by atoms with Crippen LogP contribution in [0.3, 0.4) is 0 Å². The summed E-state index contributed by atoms with van der Waals surface area (Å²) >= 11 is 3.54. The fourth-order valence-electron chi connectivity index (χ4n) is 5.67. The van der Waals surface area contributed by atoms with Gasteiger partial charge in [-0.05, 0) is 90.1 Å². The predicted molar refractivity (Wildman–Crippen MR) is 78.6 cm³/mol. The standard InChI is InChI=1S/C16H22BrNO/c17-13-1-2-19-15(13)14(18)9-16-6-10-3-11(7-16)5-12(4-10)8-16/h1-2,10-12,14H,3-9,18H2. The Hall–Kier alpha value is -0.280. The summed E-state index contributed by atoms with van der Waals surface area (Å²) in [4.78, 5) is 0. The van der Waals surface area contributed by atoms with Crippen LogP contribution >= 0.6 is 15.9 Å². The molecule has 5 rings (SSSR count). The Bertz CT molecular complexity index is 446. The third kappa shape index (κ3) is 2.09. The summed E-state index contributed by atoms with van der Waals surface area (Å²) in [7, 11) is 0. The van der Waals surface area contributed by atoms with E-state index >= 15 is 0 Å². The first kappa shape index (κ1) is 12.5. The van der Waals surface area contributed by atoms with Crippen LogP contribution in [0.2, 0.25) is 0 Å². The number of rotatable bonds is 3. The van der Waals surface area contributed by atoms with Gasteiger partial charge in [0.25, 0.3) is 0 Å². The maximum atomic E-state index is 6.44. The van der Waals surface area contributed by atoms with Crippen molar-refractivity contribution in [1.82, 2.24) is 0 Å². The van der Waals surface area contributed by atoms with Crippen molar-refractivity contribution in [2.45, 2.75) is 51.0 Å². The fraction of sp³-hybridized carbons (Fsp3) is 0.750. The van der Waals surface area contributed by atoms with E-state index in [2.05, 4.69) is 15.9 Å². The first-order chi connectivity index (χ1) is 9.13. The summed E-state index contributed by atoms with van der Waals surface area (Å²) in [5.74, 6) is 3.94. The van der Waals surface area contributed by atoms with E-state index in [0.717, 1.165) is 34.4 Å². The van der Waals surface area contributed by atoms with Gasteiger partial charge >= 0.3 is 0 Å². The Morgan fingerprint density at radius 2 is 1.79 bits per heavy atom. The smallest absolute Gasteiger partial charge is 0.134 e.